The fraction of sp³-hybridized carbons (Fsp3) is 0.381. The van der Waals surface area contributed by atoms with E-state index in [1.54, 1.807) is 26.0 Å². The lowest BCUT2D eigenvalue weighted by atomic mass is 10.1. The number of methoxy groups -OCH3 is 2. The molecule has 0 aromatic heterocycles. The second kappa shape index (κ2) is 10.8. The first kappa shape index (κ1) is 21.9. The standard InChI is InChI=1S/C21H26INO3S/c1-23(12-11-15-5-9-19(25-2)20(13-15)26-3)21(24)10-6-16-14-17(27-4)7-8-18(16)22/h5,7-9,13-14H,6,10-12H2,1-4H3. The molecule has 4 nitrogen and oxygen atoms in total. The van der Waals surface area contributed by atoms with Gasteiger partial charge in [0.15, 0.2) is 11.5 Å². The summed E-state index contributed by atoms with van der Waals surface area (Å²) >= 11 is 4.06. The number of carbonyl (C=O) groups is 1. The Morgan fingerprint density at radius 2 is 1.81 bits per heavy atom. The molecule has 0 saturated heterocycles. The molecule has 146 valence electrons. The summed E-state index contributed by atoms with van der Waals surface area (Å²) in [4.78, 5) is 15.5. The van der Waals surface area contributed by atoms with Gasteiger partial charge in [0.05, 0.1) is 14.2 Å². The number of halogens is 1. The molecular formula is C21H26INO3S. The van der Waals surface area contributed by atoms with E-state index in [-0.39, 0.29) is 5.91 Å². The Morgan fingerprint density at radius 3 is 2.48 bits per heavy atom. The van der Waals surface area contributed by atoms with E-state index in [4.69, 9.17) is 9.47 Å². The molecule has 2 rings (SSSR count). The molecule has 0 unspecified atom stereocenters. The van der Waals surface area contributed by atoms with Gasteiger partial charge in [0.1, 0.15) is 0 Å². The molecule has 0 heterocycles. The van der Waals surface area contributed by atoms with Crippen molar-refractivity contribution in [1.82, 2.24) is 4.90 Å². The van der Waals surface area contributed by atoms with Gasteiger partial charge >= 0.3 is 0 Å². The highest BCUT2D eigenvalue weighted by atomic mass is 127. The first-order valence-corrected chi connectivity index (χ1v) is 11.1. The summed E-state index contributed by atoms with van der Waals surface area (Å²) in [6, 6.07) is 12.3. The van der Waals surface area contributed by atoms with E-state index in [0.717, 1.165) is 18.4 Å². The Bertz CT molecular complexity index is 782. The van der Waals surface area contributed by atoms with E-state index in [9.17, 15) is 4.79 Å². The van der Waals surface area contributed by atoms with Crippen LogP contribution in [0.2, 0.25) is 0 Å². The molecule has 0 spiro atoms. The summed E-state index contributed by atoms with van der Waals surface area (Å²) in [6.45, 7) is 0.677. The number of carbonyl (C=O) groups excluding carboxylic acids is 1. The molecular weight excluding hydrogens is 473 g/mol. The summed E-state index contributed by atoms with van der Waals surface area (Å²) in [5, 5.41) is 0. The summed E-state index contributed by atoms with van der Waals surface area (Å²) < 4.78 is 11.8. The number of nitrogens with zero attached hydrogens (tertiary/aromatic N) is 1. The van der Waals surface area contributed by atoms with Crippen molar-refractivity contribution in [2.24, 2.45) is 0 Å². The molecule has 0 N–H and O–H groups in total. The van der Waals surface area contributed by atoms with Crippen molar-refractivity contribution in [2.75, 3.05) is 34.1 Å². The first-order valence-electron chi connectivity index (χ1n) is 8.75. The number of ether oxygens (including phenoxy) is 2. The fourth-order valence-electron chi connectivity index (χ4n) is 2.76. The van der Waals surface area contributed by atoms with E-state index < -0.39 is 0 Å². The maximum atomic E-state index is 12.5. The molecule has 0 aliphatic heterocycles. The van der Waals surface area contributed by atoms with Crippen LogP contribution in [0, 0.1) is 3.57 Å². The monoisotopic (exact) mass is 499 g/mol. The van der Waals surface area contributed by atoms with Crippen LogP contribution >= 0.6 is 34.4 Å². The van der Waals surface area contributed by atoms with Crippen molar-refractivity contribution < 1.29 is 14.3 Å². The van der Waals surface area contributed by atoms with Gasteiger partial charge in [-0.3, -0.25) is 4.79 Å². The van der Waals surface area contributed by atoms with Crippen molar-refractivity contribution >= 4 is 40.3 Å². The second-order valence-corrected chi connectivity index (χ2v) is 8.25. The van der Waals surface area contributed by atoms with Gasteiger partial charge in [-0.1, -0.05) is 6.07 Å². The molecule has 27 heavy (non-hydrogen) atoms. The highest BCUT2D eigenvalue weighted by Crippen LogP contribution is 2.27. The molecule has 1 amide bonds. The predicted molar refractivity (Wildman–Crippen MR) is 120 cm³/mol. The summed E-state index contributed by atoms with van der Waals surface area (Å²) in [7, 11) is 5.12. The molecule has 0 saturated carbocycles. The molecule has 0 atom stereocenters. The van der Waals surface area contributed by atoms with Crippen LogP contribution in [0.5, 0.6) is 11.5 Å². The second-order valence-electron chi connectivity index (χ2n) is 6.21. The third kappa shape index (κ3) is 6.31. The molecule has 2 aromatic rings. The van der Waals surface area contributed by atoms with Crippen molar-refractivity contribution in [1.29, 1.82) is 0 Å². The largest absolute Gasteiger partial charge is 0.493 e. The van der Waals surface area contributed by atoms with Crippen molar-refractivity contribution in [2.45, 2.75) is 24.2 Å². The van der Waals surface area contributed by atoms with Gasteiger partial charge in [-0.25, -0.2) is 0 Å². The predicted octanol–water partition coefficient (Wildman–Crippen LogP) is 4.66. The number of thioether (sulfide) groups is 1. The van der Waals surface area contributed by atoms with Crippen LogP contribution in [0.1, 0.15) is 17.5 Å². The summed E-state index contributed by atoms with van der Waals surface area (Å²) in [5.41, 5.74) is 2.36. The normalized spacial score (nSPS) is 10.6. The molecule has 0 radical (unpaired) electrons. The van der Waals surface area contributed by atoms with Gasteiger partial charge in [-0.2, -0.15) is 0 Å². The van der Waals surface area contributed by atoms with Crippen LogP contribution in [0.25, 0.3) is 0 Å². The van der Waals surface area contributed by atoms with Crippen LogP contribution in [0.4, 0.5) is 0 Å². The maximum absolute atomic E-state index is 12.5. The van der Waals surface area contributed by atoms with Crippen LogP contribution in [-0.4, -0.2) is 44.9 Å². The summed E-state index contributed by atoms with van der Waals surface area (Å²) in [5.74, 6) is 1.60. The molecule has 6 heteroatoms. The van der Waals surface area contributed by atoms with Crippen LogP contribution < -0.4 is 9.47 Å². The molecule has 2 aromatic carbocycles. The minimum Gasteiger partial charge on any atom is -0.493 e. The van der Waals surface area contributed by atoms with Crippen LogP contribution in [-0.2, 0) is 17.6 Å². The fourth-order valence-corrected chi connectivity index (χ4v) is 3.83. The quantitative estimate of drug-likeness (QED) is 0.372. The van der Waals surface area contributed by atoms with Gasteiger partial charge < -0.3 is 14.4 Å². The highest BCUT2D eigenvalue weighted by Gasteiger charge is 2.12. The molecule has 0 bridgehead atoms. The molecule has 0 aliphatic carbocycles. The minimum absolute atomic E-state index is 0.167. The topological polar surface area (TPSA) is 38.8 Å². The van der Waals surface area contributed by atoms with E-state index in [2.05, 4.69) is 47.0 Å². The number of benzene rings is 2. The van der Waals surface area contributed by atoms with Gasteiger partial charge in [0.25, 0.3) is 0 Å². The summed E-state index contributed by atoms with van der Waals surface area (Å²) in [6.07, 6.45) is 4.14. The Kier molecular flexibility index (Phi) is 8.76. The van der Waals surface area contributed by atoms with Crippen molar-refractivity contribution in [3.63, 3.8) is 0 Å². The Hall–Kier alpha value is -1.41. The van der Waals surface area contributed by atoms with E-state index >= 15 is 0 Å². The third-order valence-corrected chi connectivity index (χ3v) is 6.25. The van der Waals surface area contributed by atoms with Gasteiger partial charge in [-0.15, -0.1) is 11.8 Å². The van der Waals surface area contributed by atoms with Gasteiger partial charge in [-0.05, 0) is 83.1 Å². The van der Waals surface area contributed by atoms with Crippen molar-refractivity contribution in [3.8, 4) is 11.5 Å². The van der Waals surface area contributed by atoms with Gasteiger partial charge in [0.2, 0.25) is 5.91 Å². The highest BCUT2D eigenvalue weighted by molar-refractivity contribution is 14.1. The van der Waals surface area contributed by atoms with Crippen LogP contribution in [0.15, 0.2) is 41.3 Å². The SMILES string of the molecule is COc1ccc(CCN(C)C(=O)CCc2cc(SC)ccc2I)cc1OC. The average molecular weight is 499 g/mol. The zero-order chi connectivity index (χ0) is 19.8. The Labute approximate surface area is 179 Å². The number of amides is 1. The average Bonchev–Trinajstić information content (AvgIpc) is 2.70. The smallest absolute Gasteiger partial charge is 0.222 e. The lowest BCUT2D eigenvalue weighted by Gasteiger charge is -2.18. The van der Waals surface area contributed by atoms with Gasteiger partial charge in [0, 0.05) is 28.5 Å². The third-order valence-electron chi connectivity index (χ3n) is 4.47. The van der Waals surface area contributed by atoms with E-state index in [0.29, 0.717) is 24.5 Å². The van der Waals surface area contributed by atoms with E-state index in [1.165, 1.54) is 14.0 Å². The molecule has 0 fully saturated rings. The number of likely N-dealkylation sites (N-methyl/N-ethyl adjacent to an activating group) is 1. The minimum atomic E-state index is 0.167. The Balaban J connectivity index is 1.89. The molecule has 0 aliphatic rings. The Morgan fingerprint density at radius 1 is 1.07 bits per heavy atom. The lowest BCUT2D eigenvalue weighted by Crippen LogP contribution is -2.29. The zero-order valence-electron chi connectivity index (χ0n) is 16.3. The number of aryl methyl sites for hydroxylation is 1. The number of hydrogen-bond donors (Lipinski definition) is 0. The number of rotatable bonds is 9. The first-order chi connectivity index (χ1) is 13.0. The van der Waals surface area contributed by atoms with E-state index in [1.807, 2.05) is 30.1 Å². The maximum Gasteiger partial charge on any atom is 0.222 e. The van der Waals surface area contributed by atoms with Crippen molar-refractivity contribution in [3.05, 3.63) is 51.1 Å². The zero-order valence-corrected chi connectivity index (χ0v) is 19.2. The number of hydrogen-bond acceptors (Lipinski definition) is 4. The van der Waals surface area contributed by atoms with Crippen LogP contribution in [0.3, 0.4) is 0 Å². The lowest BCUT2D eigenvalue weighted by molar-refractivity contribution is -0.129.